The monoisotopic (exact) mass is 199 g/mol. The summed E-state index contributed by atoms with van der Waals surface area (Å²) in [4.78, 5) is 2.57. The van der Waals surface area contributed by atoms with Crippen LogP contribution in [0.25, 0.3) is 0 Å². The van der Waals surface area contributed by atoms with Crippen molar-refractivity contribution in [2.24, 2.45) is 11.8 Å². The molecule has 1 rings (SSSR count). The van der Waals surface area contributed by atoms with Crippen LogP contribution < -0.4 is 0 Å². The van der Waals surface area contributed by atoms with Gasteiger partial charge in [0.1, 0.15) is 0 Å². The lowest BCUT2D eigenvalue weighted by molar-refractivity contribution is 0.0925. The third-order valence-corrected chi connectivity index (χ3v) is 3.47. The lowest BCUT2D eigenvalue weighted by Crippen LogP contribution is -2.44. The standard InChI is InChI=1S/C12H25NO/c1-9(2)12-8-14-7-6-13(10(3)4)11(12)5/h9-12H,6-8H2,1-5H3. The Kier molecular flexibility index (Phi) is 4.39. The minimum atomic E-state index is 0.632. The molecule has 1 saturated heterocycles. The van der Waals surface area contributed by atoms with Crippen LogP contribution in [0.3, 0.4) is 0 Å². The lowest BCUT2D eigenvalue weighted by Gasteiger charge is -2.36. The predicted molar refractivity (Wildman–Crippen MR) is 60.5 cm³/mol. The Morgan fingerprint density at radius 1 is 1.21 bits per heavy atom. The van der Waals surface area contributed by atoms with Gasteiger partial charge < -0.3 is 4.74 Å². The summed E-state index contributed by atoms with van der Waals surface area (Å²) < 4.78 is 5.68. The lowest BCUT2D eigenvalue weighted by atomic mass is 9.89. The first-order valence-corrected chi connectivity index (χ1v) is 5.87. The van der Waals surface area contributed by atoms with E-state index in [1.54, 1.807) is 0 Å². The Hall–Kier alpha value is -0.0800. The van der Waals surface area contributed by atoms with Gasteiger partial charge in [-0.2, -0.15) is 0 Å². The fraction of sp³-hybridized carbons (Fsp3) is 1.00. The molecule has 0 saturated carbocycles. The fourth-order valence-corrected chi connectivity index (χ4v) is 2.46. The van der Waals surface area contributed by atoms with Crippen LogP contribution in [0.2, 0.25) is 0 Å². The average molecular weight is 199 g/mol. The Labute approximate surface area is 88.6 Å². The van der Waals surface area contributed by atoms with E-state index in [0.717, 1.165) is 19.8 Å². The highest BCUT2D eigenvalue weighted by Crippen LogP contribution is 2.24. The van der Waals surface area contributed by atoms with Crippen molar-refractivity contribution in [3.63, 3.8) is 0 Å². The molecule has 0 aromatic rings. The zero-order valence-electron chi connectivity index (χ0n) is 10.3. The third kappa shape index (κ3) is 2.71. The molecular weight excluding hydrogens is 174 g/mol. The van der Waals surface area contributed by atoms with Gasteiger partial charge in [0.25, 0.3) is 0 Å². The van der Waals surface area contributed by atoms with Gasteiger partial charge in [0, 0.05) is 18.6 Å². The summed E-state index contributed by atoms with van der Waals surface area (Å²) in [6.45, 7) is 14.4. The zero-order chi connectivity index (χ0) is 10.7. The zero-order valence-corrected chi connectivity index (χ0v) is 10.3. The van der Waals surface area contributed by atoms with E-state index < -0.39 is 0 Å². The molecule has 0 amide bonds. The first-order chi connectivity index (χ1) is 6.54. The second kappa shape index (κ2) is 5.13. The van der Waals surface area contributed by atoms with Crippen LogP contribution >= 0.6 is 0 Å². The molecular formula is C12H25NO. The third-order valence-electron chi connectivity index (χ3n) is 3.47. The normalized spacial score (nSPS) is 31.1. The number of hydrogen-bond acceptors (Lipinski definition) is 2. The molecule has 0 spiro atoms. The molecule has 1 heterocycles. The number of ether oxygens (including phenoxy) is 1. The first-order valence-electron chi connectivity index (χ1n) is 5.87. The Bertz CT molecular complexity index is 150. The van der Waals surface area contributed by atoms with Crippen LogP contribution in [0.5, 0.6) is 0 Å². The molecule has 14 heavy (non-hydrogen) atoms. The van der Waals surface area contributed by atoms with Crippen molar-refractivity contribution in [2.45, 2.75) is 46.7 Å². The van der Waals surface area contributed by atoms with Gasteiger partial charge in [0.15, 0.2) is 0 Å². The molecule has 2 heteroatoms. The topological polar surface area (TPSA) is 12.5 Å². The second-order valence-corrected chi connectivity index (χ2v) is 5.05. The highest BCUT2D eigenvalue weighted by atomic mass is 16.5. The summed E-state index contributed by atoms with van der Waals surface area (Å²) in [7, 11) is 0. The van der Waals surface area contributed by atoms with E-state index in [-0.39, 0.29) is 0 Å². The highest BCUT2D eigenvalue weighted by molar-refractivity contribution is 4.81. The van der Waals surface area contributed by atoms with Gasteiger partial charge in [-0.3, -0.25) is 4.90 Å². The number of hydrogen-bond donors (Lipinski definition) is 0. The Morgan fingerprint density at radius 3 is 2.36 bits per heavy atom. The molecule has 0 aromatic heterocycles. The van der Waals surface area contributed by atoms with Crippen molar-refractivity contribution in [1.29, 1.82) is 0 Å². The van der Waals surface area contributed by atoms with Gasteiger partial charge >= 0.3 is 0 Å². The largest absolute Gasteiger partial charge is 0.380 e. The molecule has 2 unspecified atom stereocenters. The summed E-state index contributed by atoms with van der Waals surface area (Å²) in [5, 5.41) is 0. The summed E-state index contributed by atoms with van der Waals surface area (Å²) in [6.07, 6.45) is 0. The van der Waals surface area contributed by atoms with Crippen LogP contribution in [-0.2, 0) is 4.74 Å². The van der Waals surface area contributed by atoms with E-state index in [1.165, 1.54) is 0 Å². The van der Waals surface area contributed by atoms with Crippen molar-refractivity contribution >= 4 is 0 Å². The van der Waals surface area contributed by atoms with Crippen LogP contribution in [0.15, 0.2) is 0 Å². The van der Waals surface area contributed by atoms with E-state index in [1.807, 2.05) is 0 Å². The van der Waals surface area contributed by atoms with Crippen LogP contribution in [-0.4, -0.2) is 36.7 Å². The quantitative estimate of drug-likeness (QED) is 0.677. The Morgan fingerprint density at radius 2 is 1.86 bits per heavy atom. The summed E-state index contributed by atoms with van der Waals surface area (Å²) >= 11 is 0. The molecule has 0 radical (unpaired) electrons. The van der Waals surface area contributed by atoms with E-state index in [0.29, 0.717) is 23.9 Å². The van der Waals surface area contributed by atoms with Gasteiger partial charge in [-0.25, -0.2) is 0 Å². The molecule has 2 atom stereocenters. The summed E-state index contributed by atoms with van der Waals surface area (Å²) in [5.41, 5.74) is 0. The smallest absolute Gasteiger partial charge is 0.0593 e. The van der Waals surface area contributed by atoms with Crippen molar-refractivity contribution in [3.05, 3.63) is 0 Å². The molecule has 2 nitrogen and oxygen atoms in total. The average Bonchev–Trinajstić information content (AvgIpc) is 2.26. The minimum absolute atomic E-state index is 0.632. The number of nitrogens with zero attached hydrogens (tertiary/aromatic N) is 1. The second-order valence-electron chi connectivity index (χ2n) is 5.05. The van der Waals surface area contributed by atoms with Crippen molar-refractivity contribution in [1.82, 2.24) is 4.90 Å². The van der Waals surface area contributed by atoms with Gasteiger partial charge in [-0.05, 0) is 32.6 Å². The maximum atomic E-state index is 5.68. The van der Waals surface area contributed by atoms with E-state index in [9.17, 15) is 0 Å². The van der Waals surface area contributed by atoms with Crippen molar-refractivity contribution < 1.29 is 4.74 Å². The molecule has 1 aliphatic rings. The molecule has 84 valence electrons. The van der Waals surface area contributed by atoms with Gasteiger partial charge in [-0.15, -0.1) is 0 Å². The van der Waals surface area contributed by atoms with Gasteiger partial charge in [0.2, 0.25) is 0 Å². The van der Waals surface area contributed by atoms with E-state index >= 15 is 0 Å². The first kappa shape index (κ1) is 12.0. The Balaban J connectivity index is 2.69. The van der Waals surface area contributed by atoms with E-state index in [4.69, 9.17) is 4.74 Å². The van der Waals surface area contributed by atoms with Crippen LogP contribution in [0.4, 0.5) is 0 Å². The summed E-state index contributed by atoms with van der Waals surface area (Å²) in [5.74, 6) is 1.39. The molecule has 1 fully saturated rings. The predicted octanol–water partition coefficient (Wildman–Crippen LogP) is 2.39. The maximum absolute atomic E-state index is 5.68. The molecule has 0 aromatic carbocycles. The maximum Gasteiger partial charge on any atom is 0.0593 e. The fourth-order valence-electron chi connectivity index (χ4n) is 2.46. The summed E-state index contributed by atoms with van der Waals surface area (Å²) in [6, 6.07) is 1.28. The van der Waals surface area contributed by atoms with Crippen LogP contribution in [0, 0.1) is 11.8 Å². The SMILES string of the molecule is CC(C)C1COCCN(C(C)C)C1C. The van der Waals surface area contributed by atoms with Crippen LogP contribution in [0.1, 0.15) is 34.6 Å². The molecule has 0 aliphatic carbocycles. The molecule has 0 N–H and O–H groups in total. The number of rotatable bonds is 2. The van der Waals surface area contributed by atoms with Crippen molar-refractivity contribution in [3.8, 4) is 0 Å². The highest BCUT2D eigenvalue weighted by Gasteiger charge is 2.29. The van der Waals surface area contributed by atoms with Crippen molar-refractivity contribution in [2.75, 3.05) is 19.8 Å². The van der Waals surface area contributed by atoms with Gasteiger partial charge in [-0.1, -0.05) is 13.8 Å². The molecule has 0 bridgehead atoms. The van der Waals surface area contributed by atoms with E-state index in [2.05, 4.69) is 39.5 Å². The minimum Gasteiger partial charge on any atom is -0.380 e. The molecule has 1 aliphatic heterocycles. The van der Waals surface area contributed by atoms with Gasteiger partial charge in [0.05, 0.1) is 13.2 Å².